The number of amides is 1. The lowest BCUT2D eigenvalue weighted by molar-refractivity contribution is -0.384. The Morgan fingerprint density at radius 3 is 1.95 bits per heavy atom. The topological polar surface area (TPSA) is 135 Å². The van der Waals surface area contributed by atoms with Crippen molar-refractivity contribution in [3.05, 3.63) is 110 Å². The van der Waals surface area contributed by atoms with Crippen LogP contribution in [0, 0.1) is 21.4 Å². The van der Waals surface area contributed by atoms with Gasteiger partial charge in [0.2, 0.25) is 11.0 Å². The van der Waals surface area contributed by atoms with Gasteiger partial charge < -0.3 is 18.6 Å². The normalized spacial score (nSPS) is 16.9. The molecule has 0 N–H and O–H groups in total. The number of rotatable bonds is 16. The second-order valence-electron chi connectivity index (χ2n) is 16.1. The summed E-state index contributed by atoms with van der Waals surface area (Å²) in [4.78, 5) is 55.3. The molecule has 306 valence electrons. The van der Waals surface area contributed by atoms with Gasteiger partial charge in [0.15, 0.2) is 19.1 Å². The summed E-state index contributed by atoms with van der Waals surface area (Å²) in [5.41, 5.74) is 0.864. The van der Waals surface area contributed by atoms with E-state index in [9.17, 15) is 24.5 Å². The minimum absolute atomic E-state index is 0.104. The molecule has 57 heavy (non-hydrogen) atoms. The number of ether oxygens (including phenoxy) is 3. The Bertz CT molecular complexity index is 1990. The van der Waals surface area contributed by atoms with Crippen molar-refractivity contribution in [2.45, 2.75) is 91.6 Å². The maximum Gasteiger partial charge on any atom is 0.359 e. The summed E-state index contributed by atoms with van der Waals surface area (Å²) in [5.74, 6) is -0.244. The number of nitro benzene ring substituents is 1. The molecule has 0 aromatic heterocycles. The van der Waals surface area contributed by atoms with Crippen molar-refractivity contribution in [3.63, 3.8) is 0 Å². The van der Waals surface area contributed by atoms with Crippen molar-refractivity contribution >= 4 is 71.6 Å². The van der Waals surface area contributed by atoms with Crippen LogP contribution in [0.4, 0.5) is 5.69 Å². The quantitative estimate of drug-likeness (QED) is 0.0156. The highest BCUT2D eigenvalue weighted by molar-refractivity contribution is 8.16. The van der Waals surface area contributed by atoms with E-state index >= 15 is 0 Å². The van der Waals surface area contributed by atoms with E-state index in [0.29, 0.717) is 27.7 Å². The first-order valence-electron chi connectivity index (χ1n) is 18.6. The third-order valence-corrected chi connectivity index (χ3v) is 17.3. The Kier molecular flexibility index (Phi) is 15.0. The van der Waals surface area contributed by atoms with Gasteiger partial charge in [-0.1, -0.05) is 60.7 Å². The largest absolute Gasteiger partial charge is 0.497 e. The van der Waals surface area contributed by atoms with Gasteiger partial charge in [0.05, 0.1) is 34.3 Å². The monoisotopic (exact) mass is 852 g/mol. The van der Waals surface area contributed by atoms with Crippen molar-refractivity contribution in [3.8, 4) is 11.5 Å². The first-order valence-corrected chi connectivity index (χ1v) is 23.7. The van der Waals surface area contributed by atoms with Gasteiger partial charge in [0.1, 0.15) is 18.1 Å². The second kappa shape index (κ2) is 18.7. The predicted molar refractivity (Wildman–Crippen MR) is 233 cm³/mol. The Morgan fingerprint density at radius 1 is 0.930 bits per heavy atom. The lowest BCUT2D eigenvalue weighted by atomic mass is 9.92. The zero-order valence-corrected chi connectivity index (χ0v) is 37.8. The first kappa shape index (κ1) is 45.7. The molecule has 11 nitrogen and oxygen atoms in total. The number of thioether (sulfide) groups is 2. The van der Waals surface area contributed by atoms with Gasteiger partial charge in [-0.25, -0.2) is 4.79 Å². The fourth-order valence-electron chi connectivity index (χ4n) is 5.48. The van der Waals surface area contributed by atoms with E-state index in [0.717, 1.165) is 22.9 Å². The number of nitrogens with zero attached hydrogens (tertiary/aromatic N) is 2. The Hall–Kier alpha value is -4.02. The summed E-state index contributed by atoms with van der Waals surface area (Å²) in [7, 11) is -0.703. The minimum atomic E-state index is -2.30. The number of likely N-dealkylation sites (tertiary alicyclic amines) is 1. The number of hydrogen-bond acceptors (Lipinski definition) is 12. The number of β-lactam (4-membered cyclic amide) rings is 1. The van der Waals surface area contributed by atoms with Gasteiger partial charge >= 0.3 is 5.97 Å². The molecule has 0 radical (unpaired) electrons. The molecule has 1 amide bonds. The average Bonchev–Trinajstić information content (AvgIpc) is 3.14. The Morgan fingerprint density at radius 2 is 1.47 bits per heavy atom. The molecule has 4 rings (SSSR count). The van der Waals surface area contributed by atoms with E-state index in [2.05, 4.69) is 33.9 Å². The van der Waals surface area contributed by atoms with Crippen molar-refractivity contribution in [2.24, 2.45) is 11.3 Å². The summed E-state index contributed by atoms with van der Waals surface area (Å²) in [6, 6.07) is 19.9. The fourth-order valence-corrected chi connectivity index (χ4v) is 9.31. The van der Waals surface area contributed by atoms with Gasteiger partial charge in [-0.3, -0.25) is 24.6 Å². The van der Waals surface area contributed by atoms with E-state index in [1.165, 1.54) is 40.9 Å². The Balaban J connectivity index is 1.80. The van der Waals surface area contributed by atoms with Gasteiger partial charge in [-0.05, 0) is 120 Å². The molecular formula is C42H52N2O9S3Si. The first-order chi connectivity index (χ1) is 26.6. The van der Waals surface area contributed by atoms with Crippen molar-refractivity contribution in [1.82, 2.24) is 4.90 Å². The molecule has 15 heteroatoms. The van der Waals surface area contributed by atoms with Crippen LogP contribution < -0.4 is 9.47 Å². The number of nitro groups is 1. The molecule has 3 aromatic rings. The predicted octanol–water partition coefficient (Wildman–Crippen LogP) is 9.91. The summed E-state index contributed by atoms with van der Waals surface area (Å²) in [6.45, 7) is 19.5. The molecule has 1 fully saturated rings. The highest BCUT2D eigenvalue weighted by Gasteiger charge is 2.56. The number of thiocarbonyl (C=S) groups is 1. The van der Waals surface area contributed by atoms with Crippen molar-refractivity contribution in [1.29, 1.82) is 0 Å². The second-order valence-corrected chi connectivity index (χ2v) is 23.6. The molecule has 0 bridgehead atoms. The zero-order chi connectivity index (χ0) is 42.5. The van der Waals surface area contributed by atoms with Crippen LogP contribution in [-0.4, -0.2) is 64.3 Å². The SMILES string of the molecule is CCS[C@@H]1[C@@H]([C@@H](C)O[Si](C)(C)C(C)(C)C)C(=O)N1C(C(=O)OCc1ccc([N+](=O)[O-])cc1)=C(Oc1ccc(C(=S)c2ccc(OC)cc2)cc1)SC(=O)C(C)(C)C. The van der Waals surface area contributed by atoms with Crippen LogP contribution in [0.1, 0.15) is 72.1 Å². The third-order valence-electron chi connectivity index (χ3n) is 9.84. The van der Waals surface area contributed by atoms with E-state index in [4.69, 9.17) is 30.9 Å². The number of carbonyl (C=O) groups excluding carboxylic acids is 3. The van der Waals surface area contributed by atoms with Crippen LogP contribution in [0.15, 0.2) is 83.6 Å². The molecule has 3 aromatic carbocycles. The van der Waals surface area contributed by atoms with Crippen LogP contribution >= 0.6 is 35.7 Å². The summed E-state index contributed by atoms with van der Waals surface area (Å²) in [5, 5.41) is 10.1. The average molecular weight is 853 g/mol. The van der Waals surface area contributed by atoms with E-state index in [1.807, 2.05) is 38.1 Å². The zero-order valence-electron chi connectivity index (χ0n) is 34.4. The van der Waals surface area contributed by atoms with Crippen molar-refractivity contribution < 1.29 is 37.9 Å². The number of methoxy groups -OCH3 is 1. The number of non-ortho nitro benzene ring substituents is 1. The Labute approximate surface area is 350 Å². The molecule has 0 saturated carbocycles. The molecule has 1 saturated heterocycles. The minimum Gasteiger partial charge on any atom is -0.497 e. The van der Waals surface area contributed by atoms with Crippen LogP contribution in [-0.2, 0) is 30.2 Å². The number of benzene rings is 3. The summed E-state index contributed by atoms with van der Waals surface area (Å²) < 4.78 is 24.2. The van der Waals surface area contributed by atoms with E-state index in [1.54, 1.807) is 52.1 Å². The maximum absolute atomic E-state index is 14.4. The lowest BCUT2D eigenvalue weighted by Crippen LogP contribution is -2.64. The molecule has 0 aliphatic carbocycles. The molecule has 0 spiro atoms. The molecule has 1 heterocycles. The molecular weight excluding hydrogens is 801 g/mol. The van der Waals surface area contributed by atoms with Gasteiger partial charge in [0, 0.05) is 17.5 Å². The van der Waals surface area contributed by atoms with Crippen LogP contribution in [0.5, 0.6) is 11.5 Å². The highest BCUT2D eigenvalue weighted by Crippen LogP contribution is 2.46. The molecule has 1 aliphatic rings. The lowest BCUT2D eigenvalue weighted by Gasteiger charge is -2.51. The van der Waals surface area contributed by atoms with Gasteiger partial charge in [-0.2, -0.15) is 0 Å². The van der Waals surface area contributed by atoms with Crippen LogP contribution in [0.3, 0.4) is 0 Å². The number of esters is 1. The van der Waals surface area contributed by atoms with Crippen LogP contribution in [0.2, 0.25) is 18.1 Å². The molecule has 3 atom stereocenters. The van der Waals surface area contributed by atoms with Crippen LogP contribution in [0.25, 0.3) is 0 Å². The third kappa shape index (κ3) is 11.1. The summed E-state index contributed by atoms with van der Waals surface area (Å²) >= 11 is 7.97. The van der Waals surface area contributed by atoms with Gasteiger partial charge in [0.25, 0.3) is 5.69 Å². The molecule has 0 unspecified atom stereocenters. The number of hydrogen-bond donors (Lipinski definition) is 0. The summed E-state index contributed by atoms with van der Waals surface area (Å²) in [6.07, 6.45) is -0.466. The standard InChI is InChI=1S/C42H52N2O9S3Si/c1-12-55-37-33(26(2)53-57(10,11)42(6,7)8)36(45)43(37)34(38(46)51-25-27-13-19-30(20-14-27)44(48)49)39(56-40(47)41(3,4)5)52-32-23-17-29(18-24-32)35(54)28-15-21-31(50-9)22-16-28/h13-24,26,33,37H,12,25H2,1-11H3/t26-,33+,37-/m1/s1. The highest BCUT2D eigenvalue weighted by atomic mass is 32.2. The van der Waals surface area contributed by atoms with E-state index < -0.39 is 42.0 Å². The fraction of sp³-hybridized carbons (Fsp3) is 0.429. The van der Waals surface area contributed by atoms with Crippen molar-refractivity contribution in [2.75, 3.05) is 12.9 Å². The molecule has 1 aliphatic heterocycles. The van der Waals surface area contributed by atoms with E-state index in [-0.39, 0.29) is 39.1 Å². The number of carbonyl (C=O) groups is 3. The van der Waals surface area contributed by atoms with Gasteiger partial charge in [-0.15, -0.1) is 11.8 Å². The smallest absolute Gasteiger partial charge is 0.359 e. The maximum atomic E-state index is 14.4.